The zero-order valence-corrected chi connectivity index (χ0v) is 15.6. The lowest BCUT2D eigenvalue weighted by Crippen LogP contribution is -2.17. The van der Waals surface area contributed by atoms with Gasteiger partial charge in [-0.25, -0.2) is 4.79 Å². The molecule has 0 fully saturated rings. The van der Waals surface area contributed by atoms with E-state index in [9.17, 15) is 4.79 Å². The van der Waals surface area contributed by atoms with E-state index in [4.69, 9.17) is 14.2 Å². The van der Waals surface area contributed by atoms with Gasteiger partial charge < -0.3 is 14.2 Å². The van der Waals surface area contributed by atoms with Crippen molar-refractivity contribution in [2.24, 2.45) is 0 Å². The SMILES string of the molecule is CCOc1ccc(OCC(=O)Oc2ccc(/C=C/c3ccncc3)cc2)cc1. The van der Waals surface area contributed by atoms with Gasteiger partial charge in [-0.1, -0.05) is 24.3 Å². The van der Waals surface area contributed by atoms with Crippen molar-refractivity contribution in [1.29, 1.82) is 0 Å². The van der Waals surface area contributed by atoms with Crippen molar-refractivity contribution in [3.63, 3.8) is 0 Å². The summed E-state index contributed by atoms with van der Waals surface area (Å²) in [5.74, 6) is 1.35. The number of rotatable bonds is 8. The average molecular weight is 375 g/mol. The van der Waals surface area contributed by atoms with Crippen molar-refractivity contribution in [3.05, 3.63) is 84.2 Å². The molecule has 0 atom stereocenters. The Balaban J connectivity index is 1.48. The van der Waals surface area contributed by atoms with Crippen LogP contribution in [0.4, 0.5) is 0 Å². The van der Waals surface area contributed by atoms with Crippen LogP contribution in [-0.2, 0) is 4.79 Å². The van der Waals surface area contributed by atoms with Gasteiger partial charge in [-0.05, 0) is 66.6 Å². The third kappa shape index (κ3) is 5.99. The molecule has 1 heterocycles. The molecule has 0 aliphatic carbocycles. The minimum atomic E-state index is -0.464. The van der Waals surface area contributed by atoms with Gasteiger partial charge in [0.2, 0.25) is 0 Å². The van der Waals surface area contributed by atoms with Gasteiger partial charge in [-0.2, -0.15) is 0 Å². The topological polar surface area (TPSA) is 57.7 Å². The Bertz CT molecular complexity index is 904. The molecule has 0 radical (unpaired) electrons. The normalized spacial score (nSPS) is 10.6. The number of benzene rings is 2. The second kappa shape index (κ2) is 9.92. The lowest BCUT2D eigenvalue weighted by molar-refractivity contribution is -0.136. The number of aromatic nitrogens is 1. The van der Waals surface area contributed by atoms with Gasteiger partial charge in [0.05, 0.1) is 6.61 Å². The highest BCUT2D eigenvalue weighted by Gasteiger charge is 2.06. The minimum absolute atomic E-state index is 0.169. The van der Waals surface area contributed by atoms with Crippen LogP contribution in [0, 0.1) is 0 Å². The molecule has 0 aliphatic heterocycles. The number of hydrogen-bond donors (Lipinski definition) is 0. The molecule has 0 N–H and O–H groups in total. The van der Waals surface area contributed by atoms with Crippen LogP contribution >= 0.6 is 0 Å². The number of carbonyl (C=O) groups excluding carboxylic acids is 1. The van der Waals surface area contributed by atoms with Crippen LogP contribution in [0.15, 0.2) is 73.1 Å². The first-order valence-corrected chi connectivity index (χ1v) is 8.97. The molecule has 0 aliphatic rings. The van der Waals surface area contributed by atoms with Gasteiger partial charge >= 0.3 is 5.97 Å². The van der Waals surface area contributed by atoms with Gasteiger partial charge in [0.25, 0.3) is 0 Å². The third-order valence-electron chi connectivity index (χ3n) is 3.78. The van der Waals surface area contributed by atoms with Crippen LogP contribution in [-0.4, -0.2) is 24.2 Å². The molecule has 1 aromatic heterocycles. The van der Waals surface area contributed by atoms with E-state index in [2.05, 4.69) is 4.98 Å². The second-order valence-corrected chi connectivity index (χ2v) is 5.85. The second-order valence-electron chi connectivity index (χ2n) is 5.85. The van der Waals surface area contributed by atoms with Gasteiger partial charge in [-0.15, -0.1) is 0 Å². The molecule has 3 aromatic rings. The van der Waals surface area contributed by atoms with E-state index in [-0.39, 0.29) is 6.61 Å². The fourth-order valence-electron chi connectivity index (χ4n) is 2.42. The molecule has 0 bridgehead atoms. The molecular weight excluding hydrogens is 354 g/mol. The molecule has 3 rings (SSSR count). The number of esters is 1. The van der Waals surface area contributed by atoms with Crippen LogP contribution in [0.1, 0.15) is 18.1 Å². The summed E-state index contributed by atoms with van der Waals surface area (Å²) in [6, 6.07) is 18.2. The Hall–Kier alpha value is -3.60. The van der Waals surface area contributed by atoms with Crippen LogP contribution in [0.5, 0.6) is 17.2 Å². The van der Waals surface area contributed by atoms with Gasteiger partial charge in [0.1, 0.15) is 17.2 Å². The summed E-state index contributed by atoms with van der Waals surface area (Å²) in [7, 11) is 0. The highest BCUT2D eigenvalue weighted by atomic mass is 16.6. The third-order valence-corrected chi connectivity index (χ3v) is 3.78. The first-order valence-electron chi connectivity index (χ1n) is 8.97. The Morgan fingerprint density at radius 1 is 0.786 bits per heavy atom. The molecule has 0 saturated heterocycles. The minimum Gasteiger partial charge on any atom is -0.494 e. The van der Waals surface area contributed by atoms with Crippen molar-refractivity contribution in [3.8, 4) is 17.2 Å². The maximum atomic E-state index is 12.0. The maximum Gasteiger partial charge on any atom is 0.349 e. The van der Waals surface area contributed by atoms with E-state index in [1.54, 1.807) is 48.8 Å². The molecule has 5 nitrogen and oxygen atoms in total. The van der Waals surface area contributed by atoms with Crippen molar-refractivity contribution in [2.45, 2.75) is 6.92 Å². The Labute approximate surface area is 164 Å². The van der Waals surface area contributed by atoms with E-state index in [1.165, 1.54) is 0 Å². The predicted octanol–water partition coefficient (Wildman–Crippen LogP) is 4.64. The molecule has 0 amide bonds. The molecule has 142 valence electrons. The fourth-order valence-corrected chi connectivity index (χ4v) is 2.42. The Morgan fingerprint density at radius 2 is 1.32 bits per heavy atom. The first-order chi connectivity index (χ1) is 13.7. The van der Waals surface area contributed by atoms with Crippen molar-refractivity contribution in [1.82, 2.24) is 4.98 Å². The smallest absolute Gasteiger partial charge is 0.349 e. The summed E-state index contributed by atoms with van der Waals surface area (Å²) in [6.45, 7) is 2.35. The molecule has 0 unspecified atom stereocenters. The largest absolute Gasteiger partial charge is 0.494 e. The van der Waals surface area contributed by atoms with Gasteiger partial charge in [0, 0.05) is 12.4 Å². The monoisotopic (exact) mass is 375 g/mol. The number of carbonyl (C=O) groups is 1. The highest BCUT2D eigenvalue weighted by molar-refractivity contribution is 5.74. The summed E-state index contributed by atoms with van der Waals surface area (Å²) < 4.78 is 16.1. The number of pyridine rings is 1. The van der Waals surface area contributed by atoms with E-state index in [0.717, 1.165) is 16.9 Å². The zero-order valence-electron chi connectivity index (χ0n) is 15.6. The summed E-state index contributed by atoms with van der Waals surface area (Å²) >= 11 is 0. The maximum absolute atomic E-state index is 12.0. The molecule has 2 aromatic carbocycles. The first kappa shape index (κ1) is 19.2. The molecule has 0 saturated carbocycles. The predicted molar refractivity (Wildman–Crippen MR) is 108 cm³/mol. The summed E-state index contributed by atoms with van der Waals surface area (Å²) in [5.41, 5.74) is 2.07. The van der Waals surface area contributed by atoms with E-state index in [1.807, 2.05) is 43.3 Å². The van der Waals surface area contributed by atoms with Gasteiger partial charge in [0.15, 0.2) is 6.61 Å². The molecule has 28 heavy (non-hydrogen) atoms. The van der Waals surface area contributed by atoms with Crippen molar-refractivity contribution >= 4 is 18.1 Å². The number of nitrogens with zero attached hydrogens (tertiary/aromatic N) is 1. The summed E-state index contributed by atoms with van der Waals surface area (Å²) in [5, 5.41) is 0. The van der Waals surface area contributed by atoms with Crippen LogP contribution < -0.4 is 14.2 Å². The van der Waals surface area contributed by atoms with Crippen molar-refractivity contribution in [2.75, 3.05) is 13.2 Å². The Kier molecular flexibility index (Phi) is 6.79. The fraction of sp³-hybridized carbons (Fsp3) is 0.130. The van der Waals surface area contributed by atoms with Crippen LogP contribution in [0.25, 0.3) is 12.2 Å². The zero-order chi connectivity index (χ0) is 19.6. The van der Waals surface area contributed by atoms with Crippen molar-refractivity contribution < 1.29 is 19.0 Å². The lowest BCUT2D eigenvalue weighted by Gasteiger charge is -2.08. The Morgan fingerprint density at radius 3 is 1.93 bits per heavy atom. The quantitative estimate of drug-likeness (QED) is 0.424. The van der Waals surface area contributed by atoms with Crippen LogP contribution in [0.2, 0.25) is 0 Å². The molecule has 5 heteroatoms. The average Bonchev–Trinajstić information content (AvgIpc) is 2.74. The molecular formula is C23H21NO4. The number of hydrogen-bond acceptors (Lipinski definition) is 5. The summed E-state index contributed by atoms with van der Waals surface area (Å²) in [4.78, 5) is 15.9. The standard InChI is InChI=1S/C23H21NO4/c1-2-26-20-9-11-21(12-10-20)27-17-23(25)28-22-7-5-18(6-8-22)3-4-19-13-15-24-16-14-19/h3-16H,2,17H2,1H3/b4-3+. The van der Waals surface area contributed by atoms with Crippen LogP contribution in [0.3, 0.4) is 0 Å². The van der Waals surface area contributed by atoms with E-state index >= 15 is 0 Å². The van der Waals surface area contributed by atoms with Gasteiger partial charge in [-0.3, -0.25) is 4.98 Å². The lowest BCUT2D eigenvalue weighted by atomic mass is 10.1. The number of ether oxygens (including phenoxy) is 3. The molecule has 0 spiro atoms. The van der Waals surface area contributed by atoms with E-state index < -0.39 is 5.97 Å². The highest BCUT2D eigenvalue weighted by Crippen LogP contribution is 2.18. The van der Waals surface area contributed by atoms with E-state index in [0.29, 0.717) is 18.1 Å². The summed E-state index contributed by atoms with van der Waals surface area (Å²) in [6.07, 6.45) is 7.47.